The van der Waals surface area contributed by atoms with Gasteiger partial charge in [-0.05, 0) is 55.8 Å². The maximum atomic E-state index is 3.54. The van der Waals surface area contributed by atoms with E-state index in [9.17, 15) is 0 Å². The van der Waals surface area contributed by atoms with Crippen LogP contribution in [0.2, 0.25) is 0 Å². The predicted octanol–water partition coefficient (Wildman–Crippen LogP) is 4.06. The summed E-state index contributed by atoms with van der Waals surface area (Å²) >= 11 is 0. The fourth-order valence-corrected chi connectivity index (χ4v) is 3.46. The molecule has 1 aliphatic carbocycles. The van der Waals surface area contributed by atoms with E-state index in [1.54, 1.807) is 5.56 Å². The summed E-state index contributed by atoms with van der Waals surface area (Å²) < 4.78 is 0. The topological polar surface area (TPSA) is 12.0 Å². The molecule has 1 aliphatic rings. The SMILES string of the molecule is CNC(c1ccc(C)cc1)C1CCc2ccccc2C1. The smallest absolute Gasteiger partial charge is 0.0349 e. The van der Waals surface area contributed by atoms with Crippen LogP contribution in [0.4, 0.5) is 0 Å². The Hall–Kier alpha value is -1.60. The van der Waals surface area contributed by atoms with Gasteiger partial charge in [0.1, 0.15) is 0 Å². The van der Waals surface area contributed by atoms with Crippen molar-refractivity contribution in [3.05, 3.63) is 70.8 Å². The van der Waals surface area contributed by atoms with E-state index < -0.39 is 0 Å². The van der Waals surface area contributed by atoms with Crippen LogP contribution in [-0.4, -0.2) is 7.05 Å². The summed E-state index contributed by atoms with van der Waals surface area (Å²) in [6.07, 6.45) is 3.68. The number of nitrogens with one attached hydrogen (secondary N) is 1. The molecule has 3 rings (SSSR count). The first-order chi connectivity index (χ1) is 9.78. The van der Waals surface area contributed by atoms with Crippen LogP contribution in [0.1, 0.15) is 34.7 Å². The van der Waals surface area contributed by atoms with Crippen LogP contribution < -0.4 is 5.32 Å². The molecule has 1 heteroatoms. The van der Waals surface area contributed by atoms with Crippen molar-refractivity contribution in [1.29, 1.82) is 0 Å². The minimum absolute atomic E-state index is 0.462. The lowest BCUT2D eigenvalue weighted by Crippen LogP contribution is -2.29. The molecule has 0 radical (unpaired) electrons. The molecule has 0 saturated heterocycles. The number of benzene rings is 2. The molecule has 2 aromatic rings. The van der Waals surface area contributed by atoms with E-state index in [-0.39, 0.29) is 0 Å². The van der Waals surface area contributed by atoms with Crippen LogP contribution in [0.15, 0.2) is 48.5 Å². The Balaban J connectivity index is 1.83. The molecule has 104 valence electrons. The van der Waals surface area contributed by atoms with E-state index in [1.165, 1.54) is 36.0 Å². The Labute approximate surface area is 122 Å². The molecule has 0 aliphatic heterocycles. The highest BCUT2D eigenvalue weighted by Gasteiger charge is 2.26. The molecule has 0 heterocycles. The zero-order chi connectivity index (χ0) is 13.9. The fourth-order valence-electron chi connectivity index (χ4n) is 3.46. The lowest BCUT2D eigenvalue weighted by atomic mass is 9.78. The summed E-state index contributed by atoms with van der Waals surface area (Å²) in [5.74, 6) is 0.692. The van der Waals surface area contributed by atoms with Gasteiger partial charge >= 0.3 is 0 Å². The lowest BCUT2D eigenvalue weighted by Gasteiger charge is -2.32. The van der Waals surface area contributed by atoms with Gasteiger partial charge < -0.3 is 5.32 Å². The average molecular weight is 265 g/mol. The second kappa shape index (κ2) is 5.80. The maximum absolute atomic E-state index is 3.54. The third kappa shape index (κ3) is 2.64. The summed E-state index contributed by atoms with van der Waals surface area (Å²) in [6, 6.07) is 18.4. The molecule has 2 unspecified atom stereocenters. The van der Waals surface area contributed by atoms with Gasteiger partial charge in [-0.3, -0.25) is 0 Å². The minimum Gasteiger partial charge on any atom is -0.313 e. The molecule has 0 fully saturated rings. The highest BCUT2D eigenvalue weighted by Crippen LogP contribution is 2.34. The van der Waals surface area contributed by atoms with Gasteiger partial charge in [0, 0.05) is 6.04 Å². The summed E-state index contributed by atoms with van der Waals surface area (Å²) in [5.41, 5.74) is 5.83. The second-order valence-corrected chi connectivity index (χ2v) is 5.95. The first-order valence-corrected chi connectivity index (χ1v) is 7.58. The molecule has 20 heavy (non-hydrogen) atoms. The second-order valence-electron chi connectivity index (χ2n) is 5.95. The summed E-state index contributed by atoms with van der Waals surface area (Å²) in [4.78, 5) is 0. The zero-order valence-corrected chi connectivity index (χ0v) is 12.4. The van der Waals surface area contributed by atoms with Crippen LogP contribution in [-0.2, 0) is 12.8 Å². The van der Waals surface area contributed by atoms with Gasteiger partial charge in [-0.15, -0.1) is 0 Å². The average Bonchev–Trinajstić information content (AvgIpc) is 2.50. The van der Waals surface area contributed by atoms with E-state index in [0.717, 1.165) is 0 Å². The van der Waals surface area contributed by atoms with Crippen LogP contribution >= 0.6 is 0 Å². The standard InChI is InChI=1S/C19H23N/c1-14-7-9-16(10-8-14)19(20-2)18-12-11-15-5-3-4-6-17(15)13-18/h3-10,18-20H,11-13H2,1-2H3. The van der Waals surface area contributed by atoms with Crippen LogP contribution in [0, 0.1) is 12.8 Å². The highest BCUT2D eigenvalue weighted by molar-refractivity contribution is 5.31. The fraction of sp³-hybridized carbons (Fsp3) is 0.368. The Morgan fingerprint density at radius 1 is 1.00 bits per heavy atom. The molecule has 0 amide bonds. The molecule has 2 atom stereocenters. The summed E-state index contributed by atoms with van der Waals surface area (Å²) in [6.45, 7) is 2.15. The number of fused-ring (bicyclic) bond motifs is 1. The van der Waals surface area contributed by atoms with Crippen molar-refractivity contribution in [2.75, 3.05) is 7.05 Å². The van der Waals surface area contributed by atoms with E-state index in [0.29, 0.717) is 12.0 Å². The molecular weight excluding hydrogens is 242 g/mol. The van der Waals surface area contributed by atoms with Gasteiger partial charge in [0.15, 0.2) is 0 Å². The molecule has 0 bridgehead atoms. The molecular formula is C19H23N. The van der Waals surface area contributed by atoms with E-state index in [1.807, 2.05) is 0 Å². The normalized spacial score (nSPS) is 19.4. The maximum Gasteiger partial charge on any atom is 0.0349 e. The first kappa shape index (κ1) is 13.4. The van der Waals surface area contributed by atoms with Crippen molar-refractivity contribution < 1.29 is 0 Å². The van der Waals surface area contributed by atoms with Gasteiger partial charge in [-0.2, -0.15) is 0 Å². The van der Waals surface area contributed by atoms with Gasteiger partial charge in [0.05, 0.1) is 0 Å². The van der Waals surface area contributed by atoms with Crippen molar-refractivity contribution in [1.82, 2.24) is 5.32 Å². The molecule has 2 aromatic carbocycles. The van der Waals surface area contributed by atoms with Crippen molar-refractivity contribution in [2.24, 2.45) is 5.92 Å². The Morgan fingerprint density at radius 3 is 2.40 bits per heavy atom. The van der Waals surface area contributed by atoms with Crippen LogP contribution in [0.5, 0.6) is 0 Å². The monoisotopic (exact) mass is 265 g/mol. The van der Waals surface area contributed by atoms with E-state index >= 15 is 0 Å². The van der Waals surface area contributed by atoms with Gasteiger partial charge in [-0.1, -0.05) is 54.1 Å². The molecule has 0 spiro atoms. The molecule has 0 saturated carbocycles. The van der Waals surface area contributed by atoms with Crippen molar-refractivity contribution >= 4 is 0 Å². The number of hydrogen-bond acceptors (Lipinski definition) is 1. The molecule has 0 aromatic heterocycles. The van der Waals surface area contributed by atoms with Crippen LogP contribution in [0.3, 0.4) is 0 Å². The number of rotatable bonds is 3. The Morgan fingerprint density at radius 2 is 1.70 bits per heavy atom. The zero-order valence-electron chi connectivity index (χ0n) is 12.4. The third-order valence-electron chi connectivity index (χ3n) is 4.60. The third-order valence-corrected chi connectivity index (χ3v) is 4.60. The van der Waals surface area contributed by atoms with Crippen molar-refractivity contribution in [3.8, 4) is 0 Å². The molecule has 1 nitrogen and oxygen atoms in total. The van der Waals surface area contributed by atoms with Gasteiger partial charge in [0.2, 0.25) is 0 Å². The summed E-state index contributed by atoms with van der Waals surface area (Å²) in [7, 11) is 2.09. The van der Waals surface area contributed by atoms with Crippen molar-refractivity contribution in [2.45, 2.75) is 32.2 Å². The minimum atomic E-state index is 0.462. The van der Waals surface area contributed by atoms with Crippen molar-refractivity contribution in [3.63, 3.8) is 0 Å². The largest absolute Gasteiger partial charge is 0.313 e. The Bertz CT molecular complexity index is 571. The number of hydrogen-bond donors (Lipinski definition) is 1. The van der Waals surface area contributed by atoms with E-state index in [4.69, 9.17) is 0 Å². The van der Waals surface area contributed by atoms with Gasteiger partial charge in [0.25, 0.3) is 0 Å². The first-order valence-electron chi connectivity index (χ1n) is 7.58. The van der Waals surface area contributed by atoms with E-state index in [2.05, 4.69) is 67.8 Å². The quantitative estimate of drug-likeness (QED) is 0.882. The Kier molecular flexibility index (Phi) is 3.88. The highest BCUT2D eigenvalue weighted by atomic mass is 14.9. The van der Waals surface area contributed by atoms with Gasteiger partial charge in [-0.25, -0.2) is 0 Å². The lowest BCUT2D eigenvalue weighted by molar-refractivity contribution is 0.342. The number of aryl methyl sites for hydroxylation is 2. The van der Waals surface area contributed by atoms with Crippen LogP contribution in [0.25, 0.3) is 0 Å². The molecule has 1 N–H and O–H groups in total. The predicted molar refractivity (Wildman–Crippen MR) is 84.9 cm³/mol. The summed E-state index contributed by atoms with van der Waals surface area (Å²) in [5, 5.41) is 3.54.